The van der Waals surface area contributed by atoms with Crippen LogP contribution in [-0.4, -0.2) is 6.61 Å². The highest BCUT2D eigenvalue weighted by atomic mass is 79.9. The first kappa shape index (κ1) is 16.0. The van der Waals surface area contributed by atoms with Crippen molar-refractivity contribution < 1.29 is 4.74 Å². The van der Waals surface area contributed by atoms with E-state index in [1.807, 2.05) is 18.2 Å². The predicted molar refractivity (Wildman–Crippen MR) is 90.3 cm³/mol. The van der Waals surface area contributed by atoms with Crippen LogP contribution in [0.15, 0.2) is 46.9 Å². The lowest BCUT2D eigenvalue weighted by Gasteiger charge is -2.20. The molecule has 0 amide bonds. The number of hydrazine groups is 1. The molecule has 2 aromatic carbocycles. The average molecular weight is 349 g/mol. The van der Waals surface area contributed by atoms with Crippen LogP contribution in [-0.2, 0) is 0 Å². The van der Waals surface area contributed by atoms with Gasteiger partial charge in [0.1, 0.15) is 5.75 Å². The highest BCUT2D eigenvalue weighted by Gasteiger charge is 2.15. The maximum absolute atomic E-state index is 5.78. The fourth-order valence-electron chi connectivity index (χ4n) is 2.26. The number of halogens is 1. The van der Waals surface area contributed by atoms with Gasteiger partial charge in [0.2, 0.25) is 0 Å². The van der Waals surface area contributed by atoms with Gasteiger partial charge in [-0.05, 0) is 54.3 Å². The van der Waals surface area contributed by atoms with E-state index in [0.717, 1.165) is 34.4 Å². The number of aryl methyl sites for hydroxylation is 1. The second kappa shape index (κ2) is 7.59. The molecule has 0 aliphatic rings. The van der Waals surface area contributed by atoms with E-state index in [4.69, 9.17) is 10.6 Å². The Morgan fingerprint density at radius 2 is 1.90 bits per heavy atom. The quantitative estimate of drug-likeness (QED) is 0.610. The summed E-state index contributed by atoms with van der Waals surface area (Å²) in [6, 6.07) is 14.3. The van der Waals surface area contributed by atoms with E-state index in [-0.39, 0.29) is 6.04 Å². The van der Waals surface area contributed by atoms with Crippen LogP contribution in [0.4, 0.5) is 0 Å². The molecule has 4 heteroatoms. The average Bonchev–Trinajstić information content (AvgIpc) is 2.50. The van der Waals surface area contributed by atoms with E-state index in [9.17, 15) is 0 Å². The lowest BCUT2D eigenvalue weighted by Crippen LogP contribution is -2.29. The summed E-state index contributed by atoms with van der Waals surface area (Å²) >= 11 is 3.52. The van der Waals surface area contributed by atoms with Crippen molar-refractivity contribution in [2.24, 2.45) is 5.84 Å². The maximum Gasteiger partial charge on any atom is 0.119 e. The van der Waals surface area contributed by atoms with E-state index in [0.29, 0.717) is 0 Å². The van der Waals surface area contributed by atoms with E-state index in [1.165, 1.54) is 5.56 Å². The van der Waals surface area contributed by atoms with Gasteiger partial charge in [0.25, 0.3) is 0 Å². The smallest absolute Gasteiger partial charge is 0.119 e. The summed E-state index contributed by atoms with van der Waals surface area (Å²) in [6.07, 6.45) is 1.01. The summed E-state index contributed by atoms with van der Waals surface area (Å²) in [4.78, 5) is 0. The highest BCUT2D eigenvalue weighted by Crippen LogP contribution is 2.28. The highest BCUT2D eigenvalue weighted by molar-refractivity contribution is 9.10. The standard InChI is InChI=1S/C17H21BrN2O/c1-3-10-21-15-8-5-13(6-9-15)17(20-19)16-11-14(18)7-4-12(16)2/h4-9,11,17,20H,3,10,19H2,1-2H3. The Balaban J connectivity index is 2.26. The Labute approximate surface area is 134 Å². The maximum atomic E-state index is 5.78. The van der Waals surface area contributed by atoms with E-state index in [2.05, 4.69) is 59.5 Å². The van der Waals surface area contributed by atoms with Crippen molar-refractivity contribution in [2.45, 2.75) is 26.3 Å². The molecule has 21 heavy (non-hydrogen) atoms. The number of nitrogens with two attached hydrogens (primary N) is 1. The fourth-order valence-corrected chi connectivity index (χ4v) is 2.64. The second-order valence-corrected chi connectivity index (χ2v) is 5.93. The van der Waals surface area contributed by atoms with Crippen LogP contribution in [0.5, 0.6) is 5.75 Å². The monoisotopic (exact) mass is 348 g/mol. The third-order valence-corrected chi connectivity index (χ3v) is 3.90. The summed E-state index contributed by atoms with van der Waals surface area (Å²) in [5.41, 5.74) is 6.38. The van der Waals surface area contributed by atoms with Gasteiger partial charge in [0.05, 0.1) is 12.6 Å². The normalized spacial score (nSPS) is 12.2. The number of nitrogens with one attached hydrogen (secondary N) is 1. The summed E-state index contributed by atoms with van der Waals surface area (Å²) in [5, 5.41) is 0. The molecule has 0 heterocycles. The number of hydrogen-bond donors (Lipinski definition) is 2. The van der Waals surface area contributed by atoms with Crippen molar-refractivity contribution in [3.05, 3.63) is 63.6 Å². The van der Waals surface area contributed by atoms with Gasteiger partial charge in [-0.25, -0.2) is 5.43 Å². The molecule has 2 rings (SSSR count). The van der Waals surface area contributed by atoms with Crippen LogP contribution < -0.4 is 16.0 Å². The van der Waals surface area contributed by atoms with Crippen molar-refractivity contribution >= 4 is 15.9 Å². The summed E-state index contributed by atoms with van der Waals surface area (Å²) in [6.45, 7) is 4.92. The predicted octanol–water partition coefficient (Wildman–Crippen LogP) is 4.10. The van der Waals surface area contributed by atoms with Crippen LogP contribution in [0, 0.1) is 6.92 Å². The number of hydrogen-bond acceptors (Lipinski definition) is 3. The van der Waals surface area contributed by atoms with Gasteiger partial charge < -0.3 is 4.74 Å². The van der Waals surface area contributed by atoms with Crippen LogP contribution in [0.3, 0.4) is 0 Å². The van der Waals surface area contributed by atoms with Crippen molar-refractivity contribution in [1.82, 2.24) is 5.43 Å². The van der Waals surface area contributed by atoms with Gasteiger partial charge in [0.15, 0.2) is 0 Å². The zero-order valence-electron chi connectivity index (χ0n) is 12.4. The molecule has 0 saturated carbocycles. The SMILES string of the molecule is CCCOc1ccc(C(NN)c2cc(Br)ccc2C)cc1. The van der Waals surface area contributed by atoms with Gasteiger partial charge >= 0.3 is 0 Å². The van der Waals surface area contributed by atoms with E-state index >= 15 is 0 Å². The first-order valence-corrected chi connectivity index (χ1v) is 7.90. The number of benzene rings is 2. The molecule has 1 unspecified atom stereocenters. The van der Waals surface area contributed by atoms with Gasteiger partial charge in [-0.2, -0.15) is 0 Å². The van der Waals surface area contributed by atoms with Crippen molar-refractivity contribution in [3.63, 3.8) is 0 Å². The van der Waals surface area contributed by atoms with Crippen molar-refractivity contribution in [1.29, 1.82) is 0 Å². The Bertz CT molecular complexity index is 584. The molecule has 0 aliphatic carbocycles. The van der Waals surface area contributed by atoms with Crippen molar-refractivity contribution in [2.75, 3.05) is 6.61 Å². The lowest BCUT2D eigenvalue weighted by molar-refractivity contribution is 0.317. The second-order valence-electron chi connectivity index (χ2n) is 5.02. The Hall–Kier alpha value is -1.36. The van der Waals surface area contributed by atoms with Gasteiger partial charge in [-0.15, -0.1) is 0 Å². The van der Waals surface area contributed by atoms with Crippen LogP contribution >= 0.6 is 15.9 Å². The largest absolute Gasteiger partial charge is 0.494 e. The zero-order chi connectivity index (χ0) is 15.2. The van der Waals surface area contributed by atoms with E-state index < -0.39 is 0 Å². The van der Waals surface area contributed by atoms with E-state index in [1.54, 1.807) is 0 Å². The third kappa shape index (κ3) is 4.06. The Morgan fingerprint density at radius 3 is 2.52 bits per heavy atom. The molecule has 0 saturated heterocycles. The number of ether oxygens (including phenoxy) is 1. The van der Waals surface area contributed by atoms with Crippen LogP contribution in [0.1, 0.15) is 36.1 Å². The topological polar surface area (TPSA) is 47.3 Å². The first-order valence-electron chi connectivity index (χ1n) is 7.10. The molecule has 0 radical (unpaired) electrons. The summed E-state index contributed by atoms with van der Waals surface area (Å²) in [7, 11) is 0. The van der Waals surface area contributed by atoms with Gasteiger partial charge in [0, 0.05) is 4.47 Å². The molecule has 2 aromatic rings. The third-order valence-electron chi connectivity index (χ3n) is 3.41. The molecule has 1 atom stereocenters. The molecule has 0 spiro atoms. The summed E-state index contributed by atoms with van der Waals surface area (Å²) in [5.74, 6) is 6.67. The minimum atomic E-state index is -0.0391. The molecule has 112 valence electrons. The first-order chi connectivity index (χ1) is 10.2. The molecule has 0 bridgehead atoms. The molecule has 0 aromatic heterocycles. The minimum absolute atomic E-state index is 0.0391. The lowest BCUT2D eigenvalue weighted by atomic mass is 9.95. The van der Waals surface area contributed by atoms with Gasteiger partial charge in [-0.1, -0.05) is 41.1 Å². The Morgan fingerprint density at radius 1 is 1.19 bits per heavy atom. The minimum Gasteiger partial charge on any atom is -0.494 e. The number of rotatable bonds is 6. The molecular formula is C17H21BrN2O. The zero-order valence-corrected chi connectivity index (χ0v) is 14.0. The Kier molecular flexibility index (Phi) is 5.79. The fraction of sp³-hybridized carbons (Fsp3) is 0.294. The van der Waals surface area contributed by atoms with Crippen molar-refractivity contribution in [3.8, 4) is 5.75 Å². The molecule has 0 aliphatic heterocycles. The van der Waals surface area contributed by atoms with Gasteiger partial charge in [-0.3, -0.25) is 5.84 Å². The van der Waals surface area contributed by atoms with Crippen LogP contribution in [0.25, 0.3) is 0 Å². The molecule has 3 N–H and O–H groups in total. The van der Waals surface area contributed by atoms with Crippen LogP contribution in [0.2, 0.25) is 0 Å². The molecular weight excluding hydrogens is 328 g/mol. The molecule has 3 nitrogen and oxygen atoms in total. The molecule has 0 fully saturated rings. The summed E-state index contributed by atoms with van der Waals surface area (Å²) < 4.78 is 6.66.